The first-order valence-electron chi connectivity index (χ1n) is 5.01. The van der Waals surface area contributed by atoms with Crippen molar-refractivity contribution in [3.05, 3.63) is 12.7 Å². The summed E-state index contributed by atoms with van der Waals surface area (Å²) in [6.07, 6.45) is 3.74. The zero-order chi connectivity index (χ0) is 10.4. The second-order valence-corrected chi connectivity index (χ2v) is 4.60. The van der Waals surface area contributed by atoms with E-state index in [1.54, 1.807) is 0 Å². The van der Waals surface area contributed by atoms with Crippen molar-refractivity contribution in [1.29, 1.82) is 0 Å². The molecule has 0 aromatic heterocycles. The lowest BCUT2D eigenvalue weighted by Crippen LogP contribution is -2.48. The minimum atomic E-state index is -0.641. The molecule has 0 aromatic carbocycles. The second-order valence-electron chi connectivity index (χ2n) is 4.60. The monoisotopic (exact) mass is 196 g/mol. The van der Waals surface area contributed by atoms with Crippen LogP contribution in [0.4, 0.5) is 0 Å². The van der Waals surface area contributed by atoms with Gasteiger partial charge >= 0.3 is 0 Å². The van der Waals surface area contributed by atoms with Crippen molar-refractivity contribution in [1.82, 2.24) is 0 Å². The molecule has 3 heteroatoms. The van der Waals surface area contributed by atoms with Crippen LogP contribution in [0.5, 0.6) is 0 Å². The fraction of sp³-hybridized carbons (Fsp3) is 0.727. The summed E-state index contributed by atoms with van der Waals surface area (Å²) in [7, 11) is 0. The molecule has 1 atom stereocenters. The van der Waals surface area contributed by atoms with Gasteiger partial charge in [0.2, 0.25) is 0 Å². The first kappa shape index (κ1) is 9.87. The van der Waals surface area contributed by atoms with Gasteiger partial charge in [0, 0.05) is 6.42 Å². The molecule has 1 aliphatic carbocycles. The number of ketones is 1. The van der Waals surface area contributed by atoms with Gasteiger partial charge in [-0.15, -0.1) is 0 Å². The highest BCUT2D eigenvalue weighted by molar-refractivity contribution is 5.93. The molecule has 1 saturated carbocycles. The highest BCUT2D eigenvalue weighted by Crippen LogP contribution is 2.50. The molecule has 0 unspecified atom stereocenters. The van der Waals surface area contributed by atoms with E-state index in [2.05, 4.69) is 6.58 Å². The molecule has 2 rings (SSSR count). The van der Waals surface area contributed by atoms with Crippen LogP contribution in [0, 0.1) is 0 Å². The molecule has 1 saturated heterocycles. The summed E-state index contributed by atoms with van der Waals surface area (Å²) in [5.41, 5.74) is -0.0783. The van der Waals surface area contributed by atoms with E-state index in [-0.39, 0.29) is 17.5 Å². The Hall–Kier alpha value is -0.670. The normalized spacial score (nSPS) is 32.6. The summed E-state index contributed by atoms with van der Waals surface area (Å²) >= 11 is 0. The van der Waals surface area contributed by atoms with Gasteiger partial charge in [-0.2, -0.15) is 0 Å². The van der Waals surface area contributed by atoms with Crippen LogP contribution in [0.25, 0.3) is 0 Å². The largest absolute Gasteiger partial charge is 0.344 e. The third-order valence-electron chi connectivity index (χ3n) is 2.77. The van der Waals surface area contributed by atoms with E-state index in [1.807, 2.05) is 13.8 Å². The fourth-order valence-electron chi connectivity index (χ4n) is 2.04. The molecule has 14 heavy (non-hydrogen) atoms. The van der Waals surface area contributed by atoms with Crippen molar-refractivity contribution in [3.8, 4) is 0 Å². The summed E-state index contributed by atoms with van der Waals surface area (Å²) in [6, 6.07) is 0. The summed E-state index contributed by atoms with van der Waals surface area (Å²) in [4.78, 5) is 11.5. The van der Waals surface area contributed by atoms with Gasteiger partial charge in [0.05, 0.1) is 5.60 Å². The maximum absolute atomic E-state index is 11.5. The summed E-state index contributed by atoms with van der Waals surface area (Å²) in [6.45, 7) is 7.19. The third-order valence-corrected chi connectivity index (χ3v) is 2.77. The average molecular weight is 196 g/mol. The Morgan fingerprint density at radius 1 is 1.50 bits per heavy atom. The Labute approximate surface area is 84.1 Å². The van der Waals surface area contributed by atoms with Crippen molar-refractivity contribution in [2.45, 2.75) is 50.6 Å². The number of rotatable bonds is 2. The van der Waals surface area contributed by atoms with Gasteiger partial charge in [-0.05, 0) is 32.8 Å². The average Bonchev–Trinajstić information content (AvgIpc) is 2.80. The van der Waals surface area contributed by atoms with E-state index in [0.717, 1.165) is 12.8 Å². The summed E-state index contributed by atoms with van der Waals surface area (Å²) in [5.74, 6) is -0.675. The molecular formula is C11H16O3. The van der Waals surface area contributed by atoms with Gasteiger partial charge in [-0.3, -0.25) is 4.79 Å². The third kappa shape index (κ3) is 1.74. The predicted octanol–water partition coefficient (Wildman–Crippen LogP) is 1.82. The lowest BCUT2D eigenvalue weighted by molar-refractivity contribution is -0.301. The molecule has 78 valence electrons. The molecule has 1 spiro atoms. The number of carbonyl (C=O) groups excluding carboxylic acids is 1. The molecule has 1 aliphatic heterocycles. The number of carbonyl (C=O) groups is 1. The lowest BCUT2D eigenvalue weighted by atomic mass is 10.0. The molecule has 0 N–H and O–H groups in total. The molecule has 0 aromatic rings. The Morgan fingerprint density at radius 2 is 2.14 bits per heavy atom. The Balaban J connectivity index is 2.13. The highest BCUT2D eigenvalue weighted by atomic mass is 16.7. The molecule has 0 amide bonds. The van der Waals surface area contributed by atoms with E-state index >= 15 is 0 Å². The minimum absolute atomic E-state index is 0.0346. The van der Waals surface area contributed by atoms with E-state index in [1.165, 1.54) is 6.08 Å². The zero-order valence-corrected chi connectivity index (χ0v) is 8.71. The summed E-state index contributed by atoms with van der Waals surface area (Å²) in [5, 5.41) is 0. The fourth-order valence-corrected chi connectivity index (χ4v) is 2.04. The minimum Gasteiger partial charge on any atom is -0.344 e. The van der Waals surface area contributed by atoms with Crippen LogP contribution in [0.1, 0.15) is 33.1 Å². The summed E-state index contributed by atoms with van der Waals surface area (Å²) < 4.78 is 11.3. The number of hydrogen-bond acceptors (Lipinski definition) is 3. The predicted molar refractivity (Wildman–Crippen MR) is 51.8 cm³/mol. The Morgan fingerprint density at radius 3 is 2.64 bits per heavy atom. The molecule has 0 radical (unpaired) electrons. The van der Waals surface area contributed by atoms with Gasteiger partial charge in [-0.1, -0.05) is 6.58 Å². The van der Waals surface area contributed by atoms with Crippen molar-refractivity contribution in [3.63, 3.8) is 0 Å². The van der Waals surface area contributed by atoms with Crippen LogP contribution in [-0.2, 0) is 14.3 Å². The van der Waals surface area contributed by atoms with Crippen molar-refractivity contribution in [2.75, 3.05) is 0 Å². The van der Waals surface area contributed by atoms with Crippen LogP contribution < -0.4 is 0 Å². The van der Waals surface area contributed by atoms with Crippen molar-refractivity contribution in [2.24, 2.45) is 0 Å². The molecule has 3 nitrogen and oxygen atoms in total. The van der Waals surface area contributed by atoms with Crippen LogP contribution in [-0.4, -0.2) is 23.3 Å². The van der Waals surface area contributed by atoms with Gasteiger partial charge in [-0.25, -0.2) is 0 Å². The maximum Gasteiger partial charge on any atom is 0.184 e. The van der Waals surface area contributed by atoms with Crippen LogP contribution in [0.3, 0.4) is 0 Å². The standard InChI is InChI=1S/C11H16O3/c1-4-8(12)9-7-11(5-6-11)14-10(2,3)13-9/h4,9H,1,5-7H2,2-3H3/t9-/m0/s1. The Kier molecular flexibility index (Phi) is 2.05. The maximum atomic E-state index is 11.5. The van der Waals surface area contributed by atoms with Gasteiger partial charge in [0.25, 0.3) is 0 Å². The lowest BCUT2D eigenvalue weighted by Gasteiger charge is -2.40. The molecule has 2 fully saturated rings. The number of hydrogen-bond donors (Lipinski definition) is 0. The highest BCUT2D eigenvalue weighted by Gasteiger charge is 2.54. The second kappa shape index (κ2) is 2.91. The first-order chi connectivity index (χ1) is 6.46. The topological polar surface area (TPSA) is 35.5 Å². The molecule has 1 heterocycles. The van der Waals surface area contributed by atoms with Crippen LogP contribution in [0.15, 0.2) is 12.7 Å². The Bertz CT molecular complexity index is 270. The SMILES string of the molecule is C=CC(=O)[C@@H]1CC2(CC2)OC(C)(C)O1. The number of ether oxygens (including phenoxy) is 2. The van der Waals surface area contributed by atoms with Crippen LogP contribution >= 0.6 is 0 Å². The van der Waals surface area contributed by atoms with Gasteiger partial charge < -0.3 is 9.47 Å². The van der Waals surface area contributed by atoms with Crippen molar-refractivity contribution >= 4 is 5.78 Å². The van der Waals surface area contributed by atoms with Gasteiger partial charge in [0.15, 0.2) is 11.6 Å². The van der Waals surface area contributed by atoms with Gasteiger partial charge in [0.1, 0.15) is 6.10 Å². The van der Waals surface area contributed by atoms with E-state index in [4.69, 9.17) is 9.47 Å². The molecule has 0 bridgehead atoms. The first-order valence-corrected chi connectivity index (χ1v) is 5.01. The van der Waals surface area contributed by atoms with E-state index in [9.17, 15) is 4.79 Å². The van der Waals surface area contributed by atoms with Crippen molar-refractivity contribution < 1.29 is 14.3 Å². The van der Waals surface area contributed by atoms with E-state index < -0.39 is 5.79 Å². The van der Waals surface area contributed by atoms with Crippen LogP contribution in [0.2, 0.25) is 0 Å². The zero-order valence-electron chi connectivity index (χ0n) is 8.71. The smallest absolute Gasteiger partial charge is 0.184 e. The molecule has 2 aliphatic rings. The quantitative estimate of drug-likeness (QED) is 0.632. The van der Waals surface area contributed by atoms with E-state index in [0.29, 0.717) is 6.42 Å². The molecular weight excluding hydrogens is 180 g/mol.